The summed E-state index contributed by atoms with van der Waals surface area (Å²) in [4.78, 5) is 25.1. The van der Waals surface area contributed by atoms with Gasteiger partial charge in [-0.2, -0.15) is 0 Å². The Morgan fingerprint density at radius 3 is 2.67 bits per heavy atom. The molecule has 0 amide bonds. The minimum Gasteiger partial charge on any atom is -0.479 e. The third-order valence-corrected chi connectivity index (χ3v) is 2.03. The van der Waals surface area contributed by atoms with Gasteiger partial charge in [-0.1, -0.05) is 15.9 Å². The van der Waals surface area contributed by atoms with E-state index >= 15 is 0 Å². The zero-order valence-electron chi connectivity index (χ0n) is 7.64. The molecule has 0 radical (unpaired) electrons. The average molecular weight is 274 g/mol. The van der Waals surface area contributed by atoms with E-state index in [1.807, 2.05) is 0 Å². The molecule has 0 saturated carbocycles. The minimum atomic E-state index is -1.07. The van der Waals surface area contributed by atoms with Gasteiger partial charge in [0.2, 0.25) is 5.88 Å². The number of hydrogen-bond donors (Lipinski definition) is 1. The van der Waals surface area contributed by atoms with Crippen LogP contribution in [0.1, 0.15) is 10.4 Å². The molecule has 5 nitrogen and oxygen atoms in total. The number of aromatic nitrogens is 1. The Bertz CT molecular complexity index is 363. The molecule has 0 saturated heterocycles. The summed E-state index contributed by atoms with van der Waals surface area (Å²) in [5, 5.41) is 8.57. The fourth-order valence-electron chi connectivity index (χ4n) is 0.843. The lowest BCUT2D eigenvalue weighted by Crippen LogP contribution is -2.10. The fourth-order valence-corrected chi connectivity index (χ4v) is 1.17. The van der Waals surface area contributed by atoms with Crippen LogP contribution in [0.5, 0.6) is 5.88 Å². The van der Waals surface area contributed by atoms with Gasteiger partial charge in [-0.05, 0) is 6.07 Å². The van der Waals surface area contributed by atoms with Crippen LogP contribution in [0, 0.1) is 0 Å². The molecule has 0 aliphatic carbocycles. The number of alkyl halides is 1. The van der Waals surface area contributed by atoms with Crippen molar-refractivity contribution in [2.75, 3.05) is 11.9 Å². The second kappa shape index (κ2) is 5.45. The van der Waals surface area contributed by atoms with Gasteiger partial charge in [-0.3, -0.25) is 4.79 Å². The first-order chi connectivity index (χ1) is 7.13. The highest BCUT2D eigenvalue weighted by Gasteiger charge is 2.05. The number of carbonyl (C=O) groups is 2. The lowest BCUT2D eigenvalue weighted by molar-refractivity contribution is -0.139. The Hall–Kier alpha value is -1.43. The van der Waals surface area contributed by atoms with Crippen LogP contribution in [-0.2, 0) is 4.79 Å². The number of carboxylic acids is 1. The van der Waals surface area contributed by atoms with E-state index < -0.39 is 12.6 Å². The summed E-state index contributed by atoms with van der Waals surface area (Å²) in [5.74, 6) is -0.979. The smallest absolute Gasteiger partial charge is 0.341 e. The van der Waals surface area contributed by atoms with Crippen LogP contribution in [0.4, 0.5) is 0 Å². The number of ketones is 1. The van der Waals surface area contributed by atoms with E-state index in [9.17, 15) is 9.59 Å². The van der Waals surface area contributed by atoms with Gasteiger partial charge in [0.05, 0.1) is 5.33 Å². The van der Waals surface area contributed by atoms with Crippen LogP contribution in [-0.4, -0.2) is 33.8 Å². The first-order valence-corrected chi connectivity index (χ1v) is 5.15. The highest BCUT2D eigenvalue weighted by atomic mass is 79.9. The maximum absolute atomic E-state index is 11.2. The minimum absolute atomic E-state index is 0.0905. The van der Waals surface area contributed by atoms with E-state index in [0.29, 0.717) is 5.56 Å². The largest absolute Gasteiger partial charge is 0.479 e. The Morgan fingerprint density at radius 2 is 2.20 bits per heavy atom. The highest BCUT2D eigenvalue weighted by Crippen LogP contribution is 2.08. The summed E-state index contributed by atoms with van der Waals surface area (Å²) < 4.78 is 4.80. The van der Waals surface area contributed by atoms with Gasteiger partial charge in [0, 0.05) is 17.8 Å². The molecule has 1 N–H and O–H groups in total. The van der Waals surface area contributed by atoms with Crippen molar-refractivity contribution in [3.05, 3.63) is 23.9 Å². The van der Waals surface area contributed by atoms with Crippen molar-refractivity contribution in [1.29, 1.82) is 0 Å². The molecule has 0 aliphatic heterocycles. The summed E-state index contributed by atoms with van der Waals surface area (Å²) in [7, 11) is 0. The molecule has 0 spiro atoms. The number of nitrogens with zero attached hydrogens (tertiary/aromatic N) is 1. The zero-order valence-corrected chi connectivity index (χ0v) is 9.23. The molecular formula is C9H8BrNO4. The van der Waals surface area contributed by atoms with Gasteiger partial charge in [0.1, 0.15) is 0 Å². The Balaban J connectivity index is 2.64. The maximum Gasteiger partial charge on any atom is 0.341 e. The number of halogens is 1. The Morgan fingerprint density at radius 1 is 1.47 bits per heavy atom. The molecule has 1 rings (SSSR count). The molecule has 1 heterocycles. The third kappa shape index (κ3) is 3.67. The predicted octanol–water partition coefficient (Wildman–Crippen LogP) is 1.12. The van der Waals surface area contributed by atoms with Crippen molar-refractivity contribution >= 4 is 27.7 Å². The molecule has 0 aromatic carbocycles. The number of rotatable bonds is 5. The van der Waals surface area contributed by atoms with Crippen LogP contribution < -0.4 is 4.74 Å². The van der Waals surface area contributed by atoms with Crippen molar-refractivity contribution < 1.29 is 19.4 Å². The Kier molecular flexibility index (Phi) is 4.23. The van der Waals surface area contributed by atoms with E-state index in [2.05, 4.69) is 20.9 Å². The van der Waals surface area contributed by atoms with Crippen molar-refractivity contribution in [2.45, 2.75) is 0 Å². The maximum atomic E-state index is 11.2. The van der Waals surface area contributed by atoms with E-state index in [-0.39, 0.29) is 17.0 Å². The SMILES string of the molecule is O=C(O)COc1ccc(C(=O)CBr)cn1. The van der Waals surface area contributed by atoms with Crippen molar-refractivity contribution in [3.8, 4) is 5.88 Å². The lowest BCUT2D eigenvalue weighted by Gasteiger charge is -2.02. The van der Waals surface area contributed by atoms with Gasteiger partial charge < -0.3 is 9.84 Å². The summed E-state index contributed by atoms with van der Waals surface area (Å²) in [5.41, 5.74) is 0.453. The van der Waals surface area contributed by atoms with Crippen LogP contribution in [0.3, 0.4) is 0 Å². The quantitative estimate of drug-likeness (QED) is 0.643. The predicted molar refractivity (Wildman–Crippen MR) is 55.5 cm³/mol. The number of pyridine rings is 1. The van der Waals surface area contributed by atoms with E-state index in [4.69, 9.17) is 9.84 Å². The van der Waals surface area contributed by atoms with Gasteiger partial charge >= 0.3 is 5.97 Å². The van der Waals surface area contributed by atoms with E-state index in [1.54, 1.807) is 0 Å². The van der Waals surface area contributed by atoms with E-state index in [0.717, 1.165) is 0 Å². The van der Waals surface area contributed by atoms with Crippen molar-refractivity contribution in [3.63, 3.8) is 0 Å². The summed E-state index contributed by atoms with van der Waals surface area (Å²) >= 11 is 3.03. The van der Waals surface area contributed by atoms with Gasteiger partial charge in [-0.25, -0.2) is 9.78 Å². The molecule has 1 aromatic rings. The van der Waals surface area contributed by atoms with Gasteiger partial charge in [0.25, 0.3) is 0 Å². The number of carbonyl (C=O) groups excluding carboxylic acids is 1. The molecule has 0 fully saturated rings. The summed E-state index contributed by atoms with van der Waals surface area (Å²) in [6, 6.07) is 2.99. The second-order valence-electron chi connectivity index (χ2n) is 2.62. The molecule has 1 aromatic heterocycles. The number of Topliss-reactive ketones (excluding diaryl/α,β-unsaturated/α-hetero) is 1. The normalized spacial score (nSPS) is 9.67. The van der Waals surface area contributed by atoms with E-state index in [1.165, 1.54) is 18.3 Å². The first kappa shape index (κ1) is 11.6. The number of ether oxygens (including phenoxy) is 1. The van der Waals surface area contributed by atoms with Crippen LogP contribution in [0.15, 0.2) is 18.3 Å². The standard InChI is InChI=1S/C9H8BrNO4/c10-3-7(12)6-1-2-8(11-4-6)15-5-9(13)14/h1-2,4H,3,5H2,(H,13,14). The van der Waals surface area contributed by atoms with Gasteiger partial charge in [-0.15, -0.1) is 0 Å². The third-order valence-electron chi connectivity index (χ3n) is 1.52. The average Bonchev–Trinajstić information content (AvgIpc) is 2.26. The molecule has 80 valence electrons. The molecule has 15 heavy (non-hydrogen) atoms. The number of aliphatic carboxylic acids is 1. The Labute approximate surface area is 94.2 Å². The van der Waals surface area contributed by atoms with Gasteiger partial charge in [0.15, 0.2) is 12.4 Å². The number of carboxylic acid groups (broad SMARTS) is 1. The molecule has 0 aliphatic rings. The molecular weight excluding hydrogens is 266 g/mol. The topological polar surface area (TPSA) is 76.5 Å². The van der Waals surface area contributed by atoms with Crippen LogP contribution in [0.2, 0.25) is 0 Å². The van der Waals surface area contributed by atoms with Crippen LogP contribution in [0.25, 0.3) is 0 Å². The monoisotopic (exact) mass is 273 g/mol. The molecule has 0 unspecified atom stereocenters. The lowest BCUT2D eigenvalue weighted by atomic mass is 10.2. The zero-order chi connectivity index (χ0) is 11.3. The highest BCUT2D eigenvalue weighted by molar-refractivity contribution is 9.09. The molecule has 6 heteroatoms. The second-order valence-corrected chi connectivity index (χ2v) is 3.19. The molecule has 0 atom stereocenters. The first-order valence-electron chi connectivity index (χ1n) is 4.03. The van der Waals surface area contributed by atoms with Crippen molar-refractivity contribution in [2.24, 2.45) is 0 Å². The summed E-state index contributed by atoms with van der Waals surface area (Å²) in [6.07, 6.45) is 1.35. The summed E-state index contributed by atoms with van der Waals surface area (Å²) in [6.45, 7) is -0.446. The molecule has 0 bridgehead atoms. The van der Waals surface area contributed by atoms with Crippen molar-refractivity contribution in [1.82, 2.24) is 4.98 Å². The van der Waals surface area contributed by atoms with Crippen LogP contribution >= 0.6 is 15.9 Å². The fraction of sp³-hybridized carbons (Fsp3) is 0.222. The number of hydrogen-bond acceptors (Lipinski definition) is 4.